The lowest BCUT2D eigenvalue weighted by Crippen LogP contribution is -2.43. The molecule has 4 heteroatoms. The van der Waals surface area contributed by atoms with E-state index in [0.29, 0.717) is 11.8 Å². The van der Waals surface area contributed by atoms with Crippen molar-refractivity contribution >= 4 is 11.6 Å². The maximum absolute atomic E-state index is 12.0. The van der Waals surface area contributed by atoms with E-state index >= 15 is 0 Å². The lowest BCUT2D eigenvalue weighted by molar-refractivity contribution is -0.115. The first-order chi connectivity index (χ1) is 9.76. The van der Waals surface area contributed by atoms with Crippen LogP contribution >= 0.6 is 0 Å². The standard InChI is InChI=1S/C16H28N2O2/c1-17-15(16(19)18-2)13-10-6-7-11-14(13)20-12-8-4-3-5-9-12/h12-14H,3-11H2,1-2H3,(H,18,19). The number of ether oxygens (including phenoxy) is 1. The second kappa shape index (κ2) is 7.77. The van der Waals surface area contributed by atoms with Gasteiger partial charge in [0, 0.05) is 20.0 Å². The topological polar surface area (TPSA) is 50.7 Å². The van der Waals surface area contributed by atoms with Gasteiger partial charge in [-0.05, 0) is 25.7 Å². The smallest absolute Gasteiger partial charge is 0.265 e. The minimum absolute atomic E-state index is 0.0448. The van der Waals surface area contributed by atoms with Crippen LogP contribution in [-0.4, -0.2) is 37.9 Å². The molecule has 1 amide bonds. The van der Waals surface area contributed by atoms with Crippen molar-refractivity contribution in [1.82, 2.24) is 5.32 Å². The average molecular weight is 280 g/mol. The third-order valence-electron chi connectivity index (χ3n) is 4.67. The third kappa shape index (κ3) is 3.81. The van der Waals surface area contributed by atoms with Gasteiger partial charge in [-0.15, -0.1) is 0 Å². The molecule has 2 atom stereocenters. The Bertz CT molecular complexity index is 348. The molecule has 2 unspecified atom stereocenters. The fourth-order valence-corrected chi connectivity index (χ4v) is 3.58. The van der Waals surface area contributed by atoms with Gasteiger partial charge in [-0.25, -0.2) is 0 Å². The Labute approximate surface area is 122 Å². The number of rotatable bonds is 4. The number of carbonyl (C=O) groups is 1. The zero-order chi connectivity index (χ0) is 14.4. The SMILES string of the molecule is CN=C(C(=O)NC)C1CCCCC1OC1CCCCC1. The van der Waals surface area contributed by atoms with Gasteiger partial charge < -0.3 is 10.1 Å². The van der Waals surface area contributed by atoms with Crippen LogP contribution < -0.4 is 5.32 Å². The number of aliphatic imine (C=N–C) groups is 1. The zero-order valence-electron chi connectivity index (χ0n) is 12.9. The summed E-state index contributed by atoms with van der Waals surface area (Å²) in [5.74, 6) is 0.132. The highest BCUT2D eigenvalue weighted by atomic mass is 16.5. The molecule has 0 aliphatic heterocycles. The molecule has 1 N–H and O–H groups in total. The summed E-state index contributed by atoms with van der Waals surface area (Å²) in [5.41, 5.74) is 0.674. The van der Waals surface area contributed by atoms with Crippen LogP contribution in [0.3, 0.4) is 0 Å². The maximum Gasteiger partial charge on any atom is 0.265 e. The summed E-state index contributed by atoms with van der Waals surface area (Å²) < 4.78 is 6.36. The Balaban J connectivity index is 2.02. The Morgan fingerprint density at radius 3 is 2.35 bits per heavy atom. The number of carbonyl (C=O) groups excluding carboxylic acids is 1. The van der Waals surface area contributed by atoms with E-state index in [0.717, 1.165) is 12.8 Å². The van der Waals surface area contributed by atoms with E-state index < -0.39 is 0 Å². The molecule has 114 valence electrons. The molecule has 4 nitrogen and oxygen atoms in total. The summed E-state index contributed by atoms with van der Waals surface area (Å²) in [6.07, 6.45) is 11.3. The van der Waals surface area contributed by atoms with Crippen LogP contribution in [0.2, 0.25) is 0 Å². The quantitative estimate of drug-likeness (QED) is 0.805. The Hall–Kier alpha value is -0.900. The predicted octanol–water partition coefficient (Wildman–Crippen LogP) is 2.71. The lowest BCUT2D eigenvalue weighted by atomic mass is 9.82. The summed E-state index contributed by atoms with van der Waals surface area (Å²) in [6.45, 7) is 0. The number of hydrogen-bond donors (Lipinski definition) is 1. The molecule has 0 spiro atoms. The van der Waals surface area contributed by atoms with Gasteiger partial charge in [0.15, 0.2) is 0 Å². The van der Waals surface area contributed by atoms with E-state index in [9.17, 15) is 4.79 Å². The first kappa shape index (κ1) is 15.5. The second-order valence-corrected chi connectivity index (χ2v) is 6.01. The number of nitrogens with zero attached hydrogens (tertiary/aromatic N) is 1. The lowest BCUT2D eigenvalue weighted by Gasteiger charge is -2.35. The summed E-state index contributed by atoms with van der Waals surface area (Å²) in [6, 6.07) is 0. The first-order valence-corrected chi connectivity index (χ1v) is 8.10. The van der Waals surface area contributed by atoms with Crippen molar-refractivity contribution in [3.8, 4) is 0 Å². The van der Waals surface area contributed by atoms with Crippen LogP contribution in [0.4, 0.5) is 0 Å². The van der Waals surface area contributed by atoms with Crippen LogP contribution in [0.1, 0.15) is 57.8 Å². The summed E-state index contributed by atoms with van der Waals surface area (Å²) in [4.78, 5) is 16.2. The monoisotopic (exact) mass is 280 g/mol. The van der Waals surface area contributed by atoms with E-state index in [-0.39, 0.29) is 17.9 Å². The van der Waals surface area contributed by atoms with Gasteiger partial charge in [0.05, 0.1) is 12.2 Å². The summed E-state index contributed by atoms with van der Waals surface area (Å²) in [7, 11) is 3.39. The Kier molecular flexibility index (Phi) is 6.02. The Morgan fingerprint density at radius 1 is 1.05 bits per heavy atom. The van der Waals surface area contributed by atoms with Gasteiger partial charge in [-0.1, -0.05) is 32.1 Å². The molecule has 2 fully saturated rings. The molecule has 2 rings (SSSR count). The van der Waals surface area contributed by atoms with Gasteiger partial charge in [-0.3, -0.25) is 9.79 Å². The maximum atomic E-state index is 12.0. The molecule has 20 heavy (non-hydrogen) atoms. The molecule has 0 bridgehead atoms. The van der Waals surface area contributed by atoms with Crippen molar-refractivity contribution in [2.75, 3.05) is 14.1 Å². The first-order valence-electron chi connectivity index (χ1n) is 8.10. The Morgan fingerprint density at radius 2 is 1.70 bits per heavy atom. The molecule has 2 aliphatic carbocycles. The van der Waals surface area contributed by atoms with Crippen LogP contribution in [0.15, 0.2) is 4.99 Å². The molecular weight excluding hydrogens is 252 g/mol. The minimum Gasteiger partial charge on any atom is -0.374 e. The average Bonchev–Trinajstić information content (AvgIpc) is 2.50. The molecule has 0 radical (unpaired) electrons. The third-order valence-corrected chi connectivity index (χ3v) is 4.67. The molecule has 0 aromatic carbocycles. The van der Waals surface area contributed by atoms with Crippen molar-refractivity contribution in [3.05, 3.63) is 0 Å². The highest BCUT2D eigenvalue weighted by Crippen LogP contribution is 2.32. The van der Waals surface area contributed by atoms with Crippen molar-refractivity contribution in [3.63, 3.8) is 0 Å². The minimum atomic E-state index is -0.0448. The van der Waals surface area contributed by atoms with Gasteiger partial charge in [0.1, 0.15) is 5.71 Å². The van der Waals surface area contributed by atoms with Gasteiger partial charge in [0.2, 0.25) is 0 Å². The largest absolute Gasteiger partial charge is 0.374 e. The van der Waals surface area contributed by atoms with E-state index in [1.165, 1.54) is 44.9 Å². The van der Waals surface area contributed by atoms with E-state index in [1.807, 2.05) is 0 Å². The summed E-state index contributed by atoms with van der Waals surface area (Å²) >= 11 is 0. The number of nitrogens with one attached hydrogen (secondary N) is 1. The highest BCUT2D eigenvalue weighted by molar-refractivity contribution is 6.39. The molecule has 0 heterocycles. The van der Waals surface area contributed by atoms with Crippen LogP contribution in [0.25, 0.3) is 0 Å². The fourth-order valence-electron chi connectivity index (χ4n) is 3.58. The van der Waals surface area contributed by atoms with Crippen molar-refractivity contribution in [2.24, 2.45) is 10.9 Å². The zero-order valence-corrected chi connectivity index (χ0v) is 12.9. The van der Waals surface area contributed by atoms with E-state index in [2.05, 4.69) is 10.3 Å². The molecule has 2 aliphatic rings. The number of hydrogen-bond acceptors (Lipinski definition) is 3. The van der Waals surface area contributed by atoms with Crippen LogP contribution in [-0.2, 0) is 9.53 Å². The molecular formula is C16H28N2O2. The van der Waals surface area contributed by atoms with Crippen LogP contribution in [0.5, 0.6) is 0 Å². The van der Waals surface area contributed by atoms with Crippen molar-refractivity contribution in [2.45, 2.75) is 70.0 Å². The van der Waals surface area contributed by atoms with Crippen molar-refractivity contribution in [1.29, 1.82) is 0 Å². The fraction of sp³-hybridized carbons (Fsp3) is 0.875. The molecule has 2 saturated carbocycles. The van der Waals surface area contributed by atoms with Gasteiger partial charge >= 0.3 is 0 Å². The van der Waals surface area contributed by atoms with Crippen molar-refractivity contribution < 1.29 is 9.53 Å². The molecule has 0 aromatic rings. The van der Waals surface area contributed by atoms with Gasteiger partial charge in [-0.2, -0.15) is 0 Å². The molecule has 0 aromatic heterocycles. The molecule has 0 saturated heterocycles. The predicted molar refractivity (Wildman–Crippen MR) is 81.1 cm³/mol. The summed E-state index contributed by atoms with van der Waals surface area (Å²) in [5, 5.41) is 2.71. The van der Waals surface area contributed by atoms with E-state index in [4.69, 9.17) is 4.74 Å². The second-order valence-electron chi connectivity index (χ2n) is 6.01. The highest BCUT2D eigenvalue weighted by Gasteiger charge is 2.34. The van der Waals surface area contributed by atoms with Gasteiger partial charge in [0.25, 0.3) is 5.91 Å². The number of amides is 1. The van der Waals surface area contributed by atoms with Crippen LogP contribution in [0, 0.1) is 5.92 Å². The normalized spacial score (nSPS) is 29.2. The van der Waals surface area contributed by atoms with E-state index in [1.54, 1.807) is 14.1 Å².